The molecule has 0 N–H and O–H groups in total. The van der Waals surface area contributed by atoms with Crippen LogP contribution in [0, 0.1) is 0 Å². The predicted octanol–water partition coefficient (Wildman–Crippen LogP) is -15.0. The molecule has 0 unspecified atom stereocenters. The Morgan fingerprint density at radius 2 is 0.800 bits per heavy atom. The van der Waals surface area contributed by atoms with Gasteiger partial charge in [0.1, 0.15) is 0 Å². The molecule has 0 aromatic carbocycles. The number of hydrogen-bond donors (Lipinski definition) is 0. The van der Waals surface area contributed by atoms with E-state index in [-0.39, 0.29) is 109 Å². The molecule has 16 valence electrons. The Labute approximate surface area is 106 Å². The zero-order chi connectivity index (χ0) is 0. The van der Waals surface area contributed by atoms with Gasteiger partial charge < -0.3 is 9.41 Å². The Hall–Kier alpha value is 3.09. The molecule has 0 aromatic rings. The molecule has 0 aliphatic heterocycles. The number of rotatable bonds is 0. The van der Waals surface area contributed by atoms with E-state index in [1.54, 1.807) is 0 Å². The summed E-state index contributed by atoms with van der Waals surface area (Å²) in [4.78, 5) is 0. The Morgan fingerprint density at radius 3 is 0.800 bits per heavy atom. The van der Waals surface area contributed by atoms with Gasteiger partial charge in [0.15, 0.2) is 0 Å². The van der Waals surface area contributed by atoms with E-state index < -0.39 is 0 Å². The maximum atomic E-state index is 0. The van der Waals surface area contributed by atoms with Gasteiger partial charge in [0.25, 0.3) is 0 Å². The monoisotopic (exact) mass is 107 g/mol. The van der Waals surface area contributed by atoms with Gasteiger partial charge in [0, 0.05) is 0 Å². The molecule has 0 rings (SSSR count). The van der Waals surface area contributed by atoms with E-state index in [2.05, 4.69) is 0 Å². The van der Waals surface area contributed by atoms with Crippen LogP contribution in [0.5, 0.6) is 0 Å². The van der Waals surface area contributed by atoms with E-state index in [0.717, 1.165) is 0 Å². The van der Waals surface area contributed by atoms with Gasteiger partial charge in [-0.25, -0.2) is 0 Å². The second-order valence-corrected chi connectivity index (χ2v) is 0. The number of hydrogen-bond acceptors (Lipinski definition) is 0. The third-order valence-electron chi connectivity index (χ3n) is 0. The van der Waals surface area contributed by atoms with Crippen LogP contribution in [0.15, 0.2) is 0 Å². The molecular formula is F2KLiNa+. The van der Waals surface area contributed by atoms with Crippen molar-refractivity contribution in [1.82, 2.24) is 0 Å². The predicted molar refractivity (Wildman–Crippen MR) is 0 cm³/mol. The van der Waals surface area contributed by atoms with Crippen molar-refractivity contribution < 1.29 is 109 Å². The van der Waals surface area contributed by atoms with Gasteiger partial charge in [-0.1, -0.05) is 0 Å². The molecule has 0 spiro atoms. The zero-order valence-electron chi connectivity index (χ0n) is 3.76. The molecule has 0 aromatic heterocycles. The summed E-state index contributed by atoms with van der Waals surface area (Å²) in [6.45, 7) is 0. The van der Waals surface area contributed by atoms with Crippen molar-refractivity contribution in [2.45, 2.75) is 0 Å². The van der Waals surface area contributed by atoms with Gasteiger partial charge >= 0.3 is 99.8 Å². The first-order chi connectivity index (χ1) is 0. The van der Waals surface area contributed by atoms with Crippen molar-refractivity contribution in [3.8, 4) is 0 Å². The van der Waals surface area contributed by atoms with Crippen LogP contribution in [0.2, 0.25) is 0 Å². The van der Waals surface area contributed by atoms with Crippen molar-refractivity contribution in [2.24, 2.45) is 0 Å². The summed E-state index contributed by atoms with van der Waals surface area (Å²) >= 11 is 0. The van der Waals surface area contributed by atoms with E-state index in [1.807, 2.05) is 0 Å². The average Bonchev–Trinajstić information content (AvgIpc) is 0. The van der Waals surface area contributed by atoms with Gasteiger partial charge in [-0.05, 0) is 0 Å². The molecule has 0 nitrogen and oxygen atoms in total. The minimum atomic E-state index is 0. The van der Waals surface area contributed by atoms with Crippen molar-refractivity contribution in [2.75, 3.05) is 0 Å². The van der Waals surface area contributed by atoms with Gasteiger partial charge in [-0.15, -0.1) is 0 Å². The van der Waals surface area contributed by atoms with Crippen LogP contribution in [0.25, 0.3) is 0 Å². The largest absolute Gasteiger partial charge is 1.00 e. The molecule has 0 amide bonds. The van der Waals surface area contributed by atoms with E-state index in [9.17, 15) is 0 Å². The first-order valence-corrected chi connectivity index (χ1v) is 0. The van der Waals surface area contributed by atoms with E-state index >= 15 is 0 Å². The van der Waals surface area contributed by atoms with E-state index in [0.29, 0.717) is 0 Å². The fraction of sp³-hybridized carbons (Fsp3) is 0. The Balaban J connectivity index is 0. The SMILES string of the molecule is [F-].[F-].[K+].[Li+].[Na+]. The Bertz CT molecular complexity index is 9.61. The van der Waals surface area contributed by atoms with Gasteiger partial charge in [-0.3, -0.25) is 0 Å². The second-order valence-electron chi connectivity index (χ2n) is 0. The van der Waals surface area contributed by atoms with E-state index in [4.69, 9.17) is 0 Å². The second kappa shape index (κ2) is 27.5. The van der Waals surface area contributed by atoms with Crippen LogP contribution in [-0.4, -0.2) is 0 Å². The molecule has 0 heterocycles. The minimum Gasteiger partial charge on any atom is -1.00 e. The Morgan fingerprint density at radius 1 is 0.800 bits per heavy atom. The van der Waals surface area contributed by atoms with Crippen LogP contribution in [0.1, 0.15) is 0 Å². The van der Waals surface area contributed by atoms with Crippen molar-refractivity contribution >= 4 is 0 Å². The van der Waals surface area contributed by atoms with Crippen molar-refractivity contribution in [1.29, 1.82) is 0 Å². The molecule has 0 aliphatic carbocycles. The molecule has 0 fully saturated rings. The van der Waals surface area contributed by atoms with Crippen molar-refractivity contribution in [3.63, 3.8) is 0 Å². The van der Waals surface area contributed by atoms with Crippen LogP contribution in [0.4, 0.5) is 0 Å². The van der Waals surface area contributed by atoms with Gasteiger partial charge in [0.2, 0.25) is 0 Å². The summed E-state index contributed by atoms with van der Waals surface area (Å²) < 4.78 is 0. The maximum absolute atomic E-state index is 0. The quantitative estimate of drug-likeness (QED) is 0.270. The molecule has 5 heavy (non-hydrogen) atoms. The smallest absolute Gasteiger partial charge is 1.00 e. The normalized spacial score (nSPS) is 0. The van der Waals surface area contributed by atoms with E-state index in [1.165, 1.54) is 0 Å². The first-order valence-electron chi connectivity index (χ1n) is 0. The molecular weight excluding hydrogens is 107 g/mol. The van der Waals surface area contributed by atoms with Crippen LogP contribution in [0.3, 0.4) is 0 Å². The van der Waals surface area contributed by atoms with Crippen LogP contribution in [-0.2, 0) is 0 Å². The third kappa shape index (κ3) is 19.2. The summed E-state index contributed by atoms with van der Waals surface area (Å²) in [7, 11) is 0. The summed E-state index contributed by atoms with van der Waals surface area (Å²) in [6, 6.07) is 0. The minimum absolute atomic E-state index is 0. The summed E-state index contributed by atoms with van der Waals surface area (Å²) in [5.41, 5.74) is 0. The van der Waals surface area contributed by atoms with Gasteiger partial charge in [-0.2, -0.15) is 0 Å². The first kappa shape index (κ1) is 42.6. The molecule has 0 saturated carbocycles. The molecule has 5 heteroatoms. The third-order valence-corrected chi connectivity index (χ3v) is 0. The Kier molecular flexibility index (Phi) is 234. The fourth-order valence-corrected chi connectivity index (χ4v) is 0. The van der Waals surface area contributed by atoms with Crippen molar-refractivity contribution in [3.05, 3.63) is 0 Å². The van der Waals surface area contributed by atoms with Crippen LogP contribution >= 0.6 is 0 Å². The molecule has 0 radical (unpaired) electrons. The maximum Gasteiger partial charge on any atom is 1.00 e. The topological polar surface area (TPSA) is 0 Å². The molecule has 0 aliphatic rings. The average molecular weight is 107 g/mol. The van der Waals surface area contributed by atoms with Crippen LogP contribution < -0.4 is 109 Å². The summed E-state index contributed by atoms with van der Waals surface area (Å²) in [6.07, 6.45) is 0. The standard InChI is InChI=1S/2FH.K.Li.Na/h2*1H;;;/q;;3*+1/p-2. The summed E-state index contributed by atoms with van der Waals surface area (Å²) in [5, 5.41) is 0. The molecule has 0 atom stereocenters. The zero-order valence-corrected chi connectivity index (χ0v) is 8.88. The molecule has 0 saturated heterocycles. The summed E-state index contributed by atoms with van der Waals surface area (Å²) in [5.74, 6) is 0. The van der Waals surface area contributed by atoms with Gasteiger partial charge in [0.05, 0.1) is 0 Å². The molecule has 0 bridgehead atoms. The number of halogens is 2. The fourth-order valence-electron chi connectivity index (χ4n) is 0.